The highest BCUT2D eigenvalue weighted by Gasteiger charge is 2.31. The van der Waals surface area contributed by atoms with E-state index in [1.165, 1.54) is 35.9 Å². The van der Waals surface area contributed by atoms with Crippen LogP contribution in [0, 0.1) is 5.92 Å². The van der Waals surface area contributed by atoms with E-state index >= 15 is 0 Å². The highest BCUT2D eigenvalue weighted by molar-refractivity contribution is 7.99. The van der Waals surface area contributed by atoms with Gasteiger partial charge in [-0.05, 0) is 40.1 Å². The molecule has 0 radical (unpaired) electrons. The summed E-state index contributed by atoms with van der Waals surface area (Å²) in [5.41, 5.74) is 1.66. The van der Waals surface area contributed by atoms with Crippen LogP contribution in [0.2, 0.25) is 0 Å². The molecule has 13 heteroatoms. The number of hydrogen-bond donors (Lipinski definition) is 3. The van der Waals surface area contributed by atoms with E-state index in [-0.39, 0.29) is 23.0 Å². The molecule has 0 saturated heterocycles. The Morgan fingerprint density at radius 2 is 1.82 bits per heavy atom. The van der Waals surface area contributed by atoms with Gasteiger partial charge in [-0.2, -0.15) is 0 Å². The second-order valence-corrected chi connectivity index (χ2v) is 9.92. The number of ether oxygens (including phenoxy) is 1. The summed E-state index contributed by atoms with van der Waals surface area (Å²) in [5.74, 6) is -2.44. The molecule has 3 N–H and O–H groups in total. The molecule has 39 heavy (non-hydrogen) atoms. The largest absolute Gasteiger partial charge is 0.496 e. The lowest BCUT2D eigenvalue weighted by atomic mass is 10.0. The lowest BCUT2D eigenvalue weighted by Crippen LogP contribution is -2.54. The Morgan fingerprint density at radius 3 is 2.44 bits per heavy atom. The number of nitrogens with zero attached hydrogens (tertiary/aromatic N) is 4. The molecule has 1 aromatic heterocycles. The molecule has 0 fully saturated rings. The summed E-state index contributed by atoms with van der Waals surface area (Å²) in [4.78, 5) is 50.8. The minimum absolute atomic E-state index is 0.0208. The third-order valence-electron chi connectivity index (χ3n) is 5.72. The van der Waals surface area contributed by atoms with Gasteiger partial charge >= 0.3 is 5.97 Å². The number of Topliss-reactive ketones (excluding diaryl/α,β-unsaturated/α-hetero) is 1. The number of carbonyl (C=O) groups is 4. The molecule has 3 rings (SSSR count). The number of carboxylic acid groups (broad SMARTS) is 1. The van der Waals surface area contributed by atoms with E-state index in [4.69, 9.17) is 4.74 Å². The highest BCUT2D eigenvalue weighted by Crippen LogP contribution is 2.22. The van der Waals surface area contributed by atoms with E-state index in [0.29, 0.717) is 11.4 Å². The number of ketones is 1. The molecule has 0 saturated carbocycles. The molecule has 2 atom stereocenters. The average Bonchev–Trinajstić information content (AvgIpc) is 3.46. The maximum absolute atomic E-state index is 13.2. The summed E-state index contributed by atoms with van der Waals surface area (Å²) < 4.78 is 6.68. The van der Waals surface area contributed by atoms with Crippen molar-refractivity contribution in [2.45, 2.75) is 38.1 Å². The number of benzene rings is 2. The Hall–Kier alpha value is -4.26. The van der Waals surface area contributed by atoms with E-state index in [2.05, 4.69) is 26.2 Å². The third kappa shape index (κ3) is 8.37. The van der Waals surface area contributed by atoms with Crippen molar-refractivity contribution in [3.05, 3.63) is 66.0 Å². The van der Waals surface area contributed by atoms with Gasteiger partial charge in [-0.25, -0.2) is 4.68 Å². The fourth-order valence-corrected chi connectivity index (χ4v) is 4.61. The SMILES string of the molecule is COc1ccc(-n2cnnn2)cc1C(=O)N[C@H](C(=O)NC(CC(=O)O)C(=O)CSCc1ccccc1)C(C)C. The van der Waals surface area contributed by atoms with Gasteiger partial charge in [0.15, 0.2) is 5.78 Å². The molecular weight excluding hydrogens is 524 g/mol. The maximum atomic E-state index is 13.2. The van der Waals surface area contributed by atoms with Gasteiger partial charge in [0.1, 0.15) is 18.1 Å². The summed E-state index contributed by atoms with van der Waals surface area (Å²) in [5, 5.41) is 25.5. The normalized spacial score (nSPS) is 12.4. The van der Waals surface area contributed by atoms with Crippen molar-refractivity contribution in [1.29, 1.82) is 0 Å². The van der Waals surface area contributed by atoms with Gasteiger partial charge in [0, 0.05) is 5.75 Å². The molecule has 2 aromatic carbocycles. The van der Waals surface area contributed by atoms with Gasteiger partial charge in [-0.15, -0.1) is 16.9 Å². The number of aliphatic carboxylic acids is 1. The van der Waals surface area contributed by atoms with Crippen LogP contribution < -0.4 is 15.4 Å². The summed E-state index contributed by atoms with van der Waals surface area (Å²) in [6.45, 7) is 3.45. The number of hydrogen-bond acceptors (Lipinski definition) is 9. The van der Waals surface area contributed by atoms with Crippen molar-refractivity contribution in [1.82, 2.24) is 30.8 Å². The van der Waals surface area contributed by atoms with Crippen LogP contribution >= 0.6 is 11.8 Å². The molecular formula is C26H30N6O6S. The van der Waals surface area contributed by atoms with Crippen molar-refractivity contribution in [3.63, 3.8) is 0 Å². The maximum Gasteiger partial charge on any atom is 0.305 e. The zero-order valence-electron chi connectivity index (χ0n) is 21.7. The molecule has 12 nitrogen and oxygen atoms in total. The molecule has 3 aromatic rings. The number of rotatable bonds is 14. The predicted molar refractivity (Wildman–Crippen MR) is 144 cm³/mol. The number of amides is 2. The second-order valence-electron chi connectivity index (χ2n) is 8.94. The first kappa shape index (κ1) is 29.3. The first-order chi connectivity index (χ1) is 18.7. The number of nitrogens with one attached hydrogen (secondary N) is 2. The minimum atomic E-state index is -1.24. The standard InChI is InChI=1S/C26H30N6O6S/c1-16(2)24(29-25(36)19-11-18(9-10-22(19)38-3)32-15-27-30-31-32)26(37)28-20(12-23(34)35)21(33)14-39-13-17-7-5-4-6-8-17/h4-11,15-16,20,24H,12-14H2,1-3H3,(H,28,37)(H,29,36)(H,34,35)/t20?,24-/m0/s1. The summed E-state index contributed by atoms with van der Waals surface area (Å²) in [6.07, 6.45) is 0.794. The number of aromatic nitrogens is 4. The van der Waals surface area contributed by atoms with Crippen molar-refractivity contribution >= 4 is 35.3 Å². The Morgan fingerprint density at radius 1 is 1.08 bits per heavy atom. The van der Waals surface area contributed by atoms with Crippen LogP contribution in [0.3, 0.4) is 0 Å². The molecule has 2 amide bonds. The summed E-state index contributed by atoms with van der Waals surface area (Å²) >= 11 is 1.33. The molecule has 0 aliphatic heterocycles. The van der Waals surface area contributed by atoms with Crippen LogP contribution in [0.15, 0.2) is 54.9 Å². The van der Waals surface area contributed by atoms with Gasteiger partial charge < -0.3 is 20.5 Å². The van der Waals surface area contributed by atoms with Gasteiger partial charge in [0.25, 0.3) is 5.91 Å². The summed E-state index contributed by atoms with van der Waals surface area (Å²) in [7, 11) is 1.41. The van der Waals surface area contributed by atoms with Crippen LogP contribution in [0.1, 0.15) is 36.2 Å². The van der Waals surface area contributed by atoms with Gasteiger partial charge in [-0.1, -0.05) is 44.2 Å². The molecule has 1 heterocycles. The van der Waals surface area contributed by atoms with Gasteiger partial charge in [-0.3, -0.25) is 19.2 Å². The smallest absolute Gasteiger partial charge is 0.305 e. The van der Waals surface area contributed by atoms with Crippen LogP contribution in [0.5, 0.6) is 5.75 Å². The van der Waals surface area contributed by atoms with Crippen molar-refractivity contribution < 1.29 is 29.0 Å². The average molecular weight is 555 g/mol. The number of carboxylic acids is 1. The van der Waals surface area contributed by atoms with E-state index < -0.39 is 42.1 Å². The van der Waals surface area contributed by atoms with Crippen LogP contribution in [-0.2, 0) is 20.1 Å². The van der Waals surface area contributed by atoms with Crippen molar-refractivity contribution in [2.24, 2.45) is 5.92 Å². The second kappa shape index (κ2) is 14.0. The molecule has 0 spiro atoms. The Bertz CT molecular complexity index is 1290. The number of carbonyl (C=O) groups excluding carboxylic acids is 3. The van der Waals surface area contributed by atoms with E-state index in [9.17, 15) is 24.3 Å². The fraction of sp³-hybridized carbons (Fsp3) is 0.346. The highest BCUT2D eigenvalue weighted by atomic mass is 32.2. The predicted octanol–water partition coefficient (Wildman–Crippen LogP) is 1.89. The number of tetrazole rings is 1. The lowest BCUT2D eigenvalue weighted by Gasteiger charge is -2.25. The molecule has 206 valence electrons. The fourth-order valence-electron chi connectivity index (χ4n) is 3.68. The third-order valence-corrected chi connectivity index (χ3v) is 6.74. The first-order valence-electron chi connectivity index (χ1n) is 12.1. The first-order valence-corrected chi connectivity index (χ1v) is 13.2. The lowest BCUT2D eigenvalue weighted by molar-refractivity contribution is -0.140. The monoisotopic (exact) mass is 554 g/mol. The zero-order chi connectivity index (χ0) is 28.4. The van der Waals surface area contributed by atoms with E-state index in [0.717, 1.165) is 5.56 Å². The Balaban J connectivity index is 1.71. The quantitative estimate of drug-likeness (QED) is 0.268. The Labute approximate surface area is 229 Å². The summed E-state index contributed by atoms with van der Waals surface area (Å²) in [6, 6.07) is 12.0. The van der Waals surface area contributed by atoms with Gasteiger partial charge in [0.05, 0.1) is 36.6 Å². The van der Waals surface area contributed by atoms with Crippen LogP contribution in [0.4, 0.5) is 0 Å². The van der Waals surface area contributed by atoms with Crippen LogP contribution in [0.25, 0.3) is 5.69 Å². The molecule has 1 unspecified atom stereocenters. The van der Waals surface area contributed by atoms with Crippen molar-refractivity contribution in [2.75, 3.05) is 12.9 Å². The van der Waals surface area contributed by atoms with Crippen LogP contribution in [-0.4, -0.2) is 73.8 Å². The zero-order valence-corrected chi connectivity index (χ0v) is 22.6. The molecule has 0 bridgehead atoms. The van der Waals surface area contributed by atoms with E-state index in [1.807, 2.05) is 30.3 Å². The topological polar surface area (TPSA) is 165 Å². The number of methoxy groups -OCH3 is 1. The molecule has 0 aliphatic rings. The number of thioether (sulfide) groups is 1. The van der Waals surface area contributed by atoms with Crippen molar-refractivity contribution in [3.8, 4) is 11.4 Å². The minimum Gasteiger partial charge on any atom is -0.496 e. The van der Waals surface area contributed by atoms with Gasteiger partial charge in [0.2, 0.25) is 5.91 Å². The van der Waals surface area contributed by atoms with E-state index in [1.54, 1.807) is 26.0 Å². The molecule has 0 aliphatic carbocycles. The Kier molecular flexibility index (Phi) is 10.6.